The van der Waals surface area contributed by atoms with Gasteiger partial charge in [-0.2, -0.15) is 13.2 Å². The van der Waals surface area contributed by atoms with E-state index in [1.807, 2.05) is 0 Å². The Labute approximate surface area is 207 Å². The van der Waals surface area contributed by atoms with Crippen LogP contribution >= 0.6 is 11.3 Å². The first-order chi connectivity index (χ1) is 16.8. The number of anilines is 1. The molecule has 0 aliphatic carbocycles. The van der Waals surface area contributed by atoms with Crippen LogP contribution in [-0.4, -0.2) is 55.8 Å². The highest BCUT2D eigenvalue weighted by Crippen LogP contribution is 2.37. The second-order valence-corrected chi connectivity index (χ2v) is 9.98. The van der Waals surface area contributed by atoms with Gasteiger partial charge >= 0.3 is 6.18 Å². The standard InChI is InChI=1S/C23H23F5N6OS/c1-12-7-22(24,25)11-34(16(12)8-30-18-10-29-17(9-31-18)23(26,27)28)21(35)19-20(36-14(3)33-19)15-6-4-5-13(2)32-15/h4-6,9-10,12,16H,7-8,11H2,1-3H3,(H,30,31)/t12-,16-/m1/s1. The normalized spacial score (nSPS) is 19.8. The number of amides is 1. The number of pyridine rings is 1. The van der Waals surface area contributed by atoms with Crippen molar-refractivity contribution in [3.8, 4) is 10.6 Å². The van der Waals surface area contributed by atoms with Crippen LogP contribution in [0.3, 0.4) is 0 Å². The third kappa shape index (κ3) is 5.61. The van der Waals surface area contributed by atoms with Crippen LogP contribution in [0.25, 0.3) is 10.6 Å². The molecule has 3 aromatic rings. The van der Waals surface area contributed by atoms with E-state index in [0.717, 1.165) is 16.8 Å². The lowest BCUT2D eigenvalue weighted by molar-refractivity contribution is -0.141. The molecule has 1 aliphatic rings. The SMILES string of the molecule is Cc1cccc(-c2sc(C)nc2C(=O)N2CC(F)(F)C[C@@H](C)[C@H]2CNc2cnc(C(F)(F)F)cn2)n1. The van der Waals surface area contributed by atoms with Gasteiger partial charge in [-0.3, -0.25) is 9.78 Å². The zero-order valence-electron chi connectivity index (χ0n) is 19.6. The van der Waals surface area contributed by atoms with Crippen molar-refractivity contribution >= 4 is 23.1 Å². The van der Waals surface area contributed by atoms with Gasteiger partial charge in [-0.05, 0) is 31.9 Å². The summed E-state index contributed by atoms with van der Waals surface area (Å²) in [5, 5.41) is 3.42. The Balaban J connectivity index is 1.61. The fraction of sp³-hybridized carbons (Fsp3) is 0.435. The molecule has 1 fully saturated rings. The van der Waals surface area contributed by atoms with Crippen LogP contribution in [0.15, 0.2) is 30.6 Å². The molecule has 4 heterocycles. The first kappa shape index (κ1) is 25.9. The van der Waals surface area contributed by atoms with Crippen molar-refractivity contribution in [2.45, 2.75) is 45.3 Å². The van der Waals surface area contributed by atoms with Crippen molar-refractivity contribution in [3.63, 3.8) is 0 Å². The van der Waals surface area contributed by atoms with Gasteiger partial charge in [-0.1, -0.05) is 13.0 Å². The zero-order valence-corrected chi connectivity index (χ0v) is 20.4. The molecule has 1 saturated heterocycles. The Kier molecular flexibility index (Phi) is 6.95. The van der Waals surface area contributed by atoms with Crippen LogP contribution in [-0.2, 0) is 6.18 Å². The van der Waals surface area contributed by atoms with E-state index in [2.05, 4.69) is 25.3 Å². The smallest absolute Gasteiger partial charge is 0.367 e. The fourth-order valence-electron chi connectivity index (χ4n) is 4.21. The Hall–Kier alpha value is -3.22. The van der Waals surface area contributed by atoms with Crippen molar-refractivity contribution < 1.29 is 26.7 Å². The van der Waals surface area contributed by atoms with Gasteiger partial charge in [0.2, 0.25) is 0 Å². The summed E-state index contributed by atoms with van der Waals surface area (Å²) in [7, 11) is 0. The first-order valence-corrected chi connectivity index (χ1v) is 11.9. The minimum absolute atomic E-state index is 0.00974. The van der Waals surface area contributed by atoms with E-state index in [0.29, 0.717) is 21.8 Å². The molecule has 192 valence electrons. The number of rotatable bonds is 5. The van der Waals surface area contributed by atoms with Gasteiger partial charge in [0.05, 0.1) is 40.6 Å². The molecule has 0 bridgehead atoms. The van der Waals surface area contributed by atoms with Gasteiger partial charge in [0, 0.05) is 18.7 Å². The predicted molar refractivity (Wildman–Crippen MR) is 124 cm³/mol. The minimum atomic E-state index is -4.63. The summed E-state index contributed by atoms with van der Waals surface area (Å²) in [6.45, 7) is 4.31. The summed E-state index contributed by atoms with van der Waals surface area (Å²) in [6.07, 6.45) is -3.57. The van der Waals surface area contributed by atoms with E-state index >= 15 is 0 Å². The number of carbonyl (C=O) groups excluding carboxylic acids is 1. The molecule has 0 spiro atoms. The fourth-order valence-corrected chi connectivity index (χ4v) is 5.09. The number of likely N-dealkylation sites (tertiary alicyclic amines) is 1. The largest absolute Gasteiger partial charge is 0.434 e. The van der Waals surface area contributed by atoms with Gasteiger partial charge < -0.3 is 10.2 Å². The summed E-state index contributed by atoms with van der Waals surface area (Å²) in [5.74, 6) is -4.34. The number of carbonyl (C=O) groups is 1. The third-order valence-electron chi connectivity index (χ3n) is 5.83. The van der Waals surface area contributed by atoms with Crippen LogP contribution in [0.2, 0.25) is 0 Å². The summed E-state index contributed by atoms with van der Waals surface area (Å²) in [4.78, 5) is 31.1. The molecule has 3 aromatic heterocycles. The van der Waals surface area contributed by atoms with E-state index in [1.165, 1.54) is 11.3 Å². The minimum Gasteiger partial charge on any atom is -0.367 e. The second-order valence-electron chi connectivity index (χ2n) is 8.78. The zero-order chi connectivity index (χ0) is 26.3. The molecule has 4 rings (SSSR count). The molecule has 0 radical (unpaired) electrons. The van der Waals surface area contributed by atoms with Gasteiger partial charge in [0.1, 0.15) is 11.5 Å². The van der Waals surface area contributed by atoms with E-state index in [-0.39, 0.29) is 18.1 Å². The van der Waals surface area contributed by atoms with Crippen LogP contribution < -0.4 is 5.32 Å². The number of alkyl halides is 5. The predicted octanol–water partition coefficient (Wildman–Crippen LogP) is 5.23. The topological polar surface area (TPSA) is 83.9 Å². The molecule has 1 amide bonds. The highest BCUT2D eigenvalue weighted by Gasteiger charge is 2.47. The van der Waals surface area contributed by atoms with Crippen LogP contribution in [0.1, 0.15) is 40.2 Å². The Morgan fingerprint density at radius 2 is 1.94 bits per heavy atom. The molecule has 36 heavy (non-hydrogen) atoms. The van der Waals surface area contributed by atoms with E-state index in [1.54, 1.807) is 39.0 Å². The van der Waals surface area contributed by atoms with E-state index < -0.39 is 48.6 Å². The number of hydrogen-bond donors (Lipinski definition) is 1. The second kappa shape index (κ2) is 9.68. The number of halogens is 5. The maximum atomic E-state index is 14.6. The van der Waals surface area contributed by atoms with Gasteiger partial charge in [0.15, 0.2) is 5.69 Å². The number of nitrogens with one attached hydrogen (secondary N) is 1. The molecule has 7 nitrogen and oxygen atoms in total. The van der Waals surface area contributed by atoms with Crippen molar-refractivity contribution in [3.05, 3.63) is 52.7 Å². The molecule has 1 N–H and O–H groups in total. The summed E-state index contributed by atoms with van der Waals surface area (Å²) >= 11 is 1.25. The summed E-state index contributed by atoms with van der Waals surface area (Å²) in [5.41, 5.74) is 0.150. The molecule has 0 saturated carbocycles. The molecule has 0 aromatic carbocycles. The number of thiazole rings is 1. The number of aryl methyl sites for hydroxylation is 2. The maximum Gasteiger partial charge on any atom is 0.434 e. The van der Waals surface area contributed by atoms with Crippen molar-refractivity contribution in [2.24, 2.45) is 5.92 Å². The molecule has 0 unspecified atom stereocenters. The average molecular weight is 527 g/mol. The summed E-state index contributed by atoms with van der Waals surface area (Å²) in [6, 6.07) is 4.63. The highest BCUT2D eigenvalue weighted by molar-refractivity contribution is 7.15. The summed E-state index contributed by atoms with van der Waals surface area (Å²) < 4.78 is 67.4. The van der Waals surface area contributed by atoms with Crippen LogP contribution in [0.5, 0.6) is 0 Å². The lowest BCUT2D eigenvalue weighted by Crippen LogP contribution is -2.57. The monoisotopic (exact) mass is 526 g/mol. The van der Waals surface area contributed by atoms with Crippen molar-refractivity contribution in [1.82, 2.24) is 24.8 Å². The number of hydrogen-bond acceptors (Lipinski definition) is 7. The first-order valence-electron chi connectivity index (χ1n) is 11.1. The Morgan fingerprint density at radius 1 is 1.19 bits per heavy atom. The van der Waals surface area contributed by atoms with Crippen molar-refractivity contribution in [2.75, 3.05) is 18.4 Å². The van der Waals surface area contributed by atoms with E-state index in [4.69, 9.17) is 0 Å². The Morgan fingerprint density at radius 3 is 2.58 bits per heavy atom. The molecular weight excluding hydrogens is 503 g/mol. The van der Waals surface area contributed by atoms with Gasteiger partial charge in [-0.25, -0.2) is 23.7 Å². The van der Waals surface area contributed by atoms with E-state index in [9.17, 15) is 26.7 Å². The molecule has 1 aliphatic heterocycles. The number of aromatic nitrogens is 4. The number of piperidine rings is 1. The van der Waals surface area contributed by atoms with Crippen molar-refractivity contribution in [1.29, 1.82) is 0 Å². The maximum absolute atomic E-state index is 14.6. The quantitative estimate of drug-likeness (QED) is 0.459. The van der Waals surface area contributed by atoms with Crippen LogP contribution in [0, 0.1) is 19.8 Å². The molecular formula is C23H23F5N6OS. The number of nitrogens with zero attached hydrogens (tertiary/aromatic N) is 5. The lowest BCUT2D eigenvalue weighted by atomic mass is 9.88. The average Bonchev–Trinajstić information content (AvgIpc) is 3.18. The van der Waals surface area contributed by atoms with Gasteiger partial charge in [-0.15, -0.1) is 11.3 Å². The third-order valence-corrected chi connectivity index (χ3v) is 6.83. The lowest BCUT2D eigenvalue weighted by Gasteiger charge is -2.43. The Bertz CT molecular complexity index is 1250. The highest BCUT2D eigenvalue weighted by atomic mass is 32.1. The van der Waals surface area contributed by atoms with Gasteiger partial charge in [0.25, 0.3) is 11.8 Å². The van der Waals surface area contributed by atoms with Crippen LogP contribution in [0.4, 0.5) is 27.8 Å². The molecule has 13 heteroatoms. The molecule has 2 atom stereocenters.